The number of anilines is 1. The highest BCUT2D eigenvalue weighted by atomic mass is 16.3. The lowest BCUT2D eigenvalue weighted by Gasteiger charge is -2.02. The summed E-state index contributed by atoms with van der Waals surface area (Å²) in [5, 5.41) is 2.63. The van der Waals surface area contributed by atoms with Gasteiger partial charge in [-0.25, -0.2) is 0 Å². The second kappa shape index (κ2) is 4.65. The first-order valence-electron chi connectivity index (χ1n) is 5.12. The molecule has 1 heterocycles. The molecule has 0 unspecified atom stereocenters. The maximum absolute atomic E-state index is 11.9. The minimum absolute atomic E-state index is 0.143. The fourth-order valence-corrected chi connectivity index (χ4v) is 1.46. The first-order chi connectivity index (χ1) is 8.16. The molecule has 4 nitrogen and oxygen atoms in total. The zero-order valence-corrected chi connectivity index (χ0v) is 9.27. The highest BCUT2D eigenvalue weighted by Gasteiger charge is 2.11. The van der Waals surface area contributed by atoms with Crippen LogP contribution >= 0.6 is 0 Å². The molecule has 2 aromatic rings. The molecule has 0 aliphatic heterocycles. The molecule has 17 heavy (non-hydrogen) atoms. The van der Waals surface area contributed by atoms with Gasteiger partial charge in [0.05, 0.1) is 6.26 Å². The molecule has 0 aliphatic rings. The molecule has 2 rings (SSSR count). The van der Waals surface area contributed by atoms with Crippen molar-refractivity contribution in [2.24, 2.45) is 0 Å². The molecule has 1 N–H and O–H groups in total. The lowest BCUT2D eigenvalue weighted by atomic mass is 10.1. The van der Waals surface area contributed by atoms with Gasteiger partial charge < -0.3 is 9.73 Å². The Labute approximate surface area is 98.3 Å². The minimum Gasteiger partial charge on any atom is -0.461 e. The van der Waals surface area contributed by atoms with Gasteiger partial charge in [0.15, 0.2) is 5.76 Å². The van der Waals surface area contributed by atoms with Crippen molar-refractivity contribution < 1.29 is 14.0 Å². The normalized spacial score (nSPS) is 9.94. The topological polar surface area (TPSA) is 59.3 Å². The van der Waals surface area contributed by atoms with Gasteiger partial charge >= 0.3 is 0 Å². The van der Waals surface area contributed by atoms with E-state index in [-0.39, 0.29) is 11.7 Å². The number of ketones is 1. The van der Waals surface area contributed by atoms with Crippen molar-refractivity contribution in [1.82, 2.24) is 0 Å². The van der Waals surface area contributed by atoms with E-state index in [4.69, 9.17) is 4.42 Å². The fraction of sp³-hybridized carbons (Fsp3) is 0.0769. The number of furan rings is 1. The van der Waals surface area contributed by atoms with E-state index < -0.39 is 0 Å². The van der Waals surface area contributed by atoms with Crippen LogP contribution in [-0.2, 0) is 4.79 Å². The standard InChI is InChI=1S/C13H11NO3/c1-9(15)14-11-6-4-10(5-7-11)13(16)12-3-2-8-17-12/h2-8H,1H3,(H,14,15). The molecule has 0 radical (unpaired) electrons. The molecule has 4 heteroatoms. The predicted octanol–water partition coefficient (Wildman–Crippen LogP) is 2.47. The van der Waals surface area contributed by atoms with Crippen LogP contribution in [-0.4, -0.2) is 11.7 Å². The van der Waals surface area contributed by atoms with Gasteiger partial charge in [0.2, 0.25) is 11.7 Å². The van der Waals surface area contributed by atoms with E-state index in [0.717, 1.165) is 0 Å². The summed E-state index contributed by atoms with van der Waals surface area (Å²) in [5.41, 5.74) is 1.18. The fourth-order valence-electron chi connectivity index (χ4n) is 1.46. The molecule has 0 bridgehead atoms. The van der Waals surface area contributed by atoms with Gasteiger partial charge in [-0.1, -0.05) is 0 Å². The number of amides is 1. The Morgan fingerprint density at radius 1 is 1.12 bits per heavy atom. The van der Waals surface area contributed by atoms with Crippen LogP contribution in [0.25, 0.3) is 0 Å². The zero-order chi connectivity index (χ0) is 12.3. The highest BCUT2D eigenvalue weighted by molar-refractivity contribution is 6.07. The van der Waals surface area contributed by atoms with E-state index in [2.05, 4.69) is 5.32 Å². The Morgan fingerprint density at radius 3 is 2.35 bits per heavy atom. The van der Waals surface area contributed by atoms with Crippen molar-refractivity contribution in [1.29, 1.82) is 0 Å². The Kier molecular flexibility index (Phi) is 3.05. The van der Waals surface area contributed by atoms with Gasteiger partial charge in [0, 0.05) is 18.2 Å². The van der Waals surface area contributed by atoms with Gasteiger partial charge in [-0.15, -0.1) is 0 Å². The van der Waals surface area contributed by atoms with Crippen molar-refractivity contribution >= 4 is 17.4 Å². The van der Waals surface area contributed by atoms with E-state index in [1.54, 1.807) is 36.4 Å². The van der Waals surface area contributed by atoms with E-state index in [0.29, 0.717) is 17.0 Å². The van der Waals surface area contributed by atoms with E-state index in [1.807, 2.05) is 0 Å². The van der Waals surface area contributed by atoms with Crippen LogP contribution in [0.15, 0.2) is 47.1 Å². The second-order valence-electron chi connectivity index (χ2n) is 3.56. The van der Waals surface area contributed by atoms with Crippen LogP contribution in [0.5, 0.6) is 0 Å². The number of hydrogen-bond acceptors (Lipinski definition) is 3. The highest BCUT2D eigenvalue weighted by Crippen LogP contribution is 2.14. The SMILES string of the molecule is CC(=O)Nc1ccc(C(=O)c2ccco2)cc1. The van der Waals surface area contributed by atoms with Crippen molar-refractivity contribution in [3.63, 3.8) is 0 Å². The first-order valence-corrected chi connectivity index (χ1v) is 5.12. The quantitative estimate of drug-likeness (QED) is 0.822. The third kappa shape index (κ3) is 2.60. The van der Waals surface area contributed by atoms with Gasteiger partial charge in [0.1, 0.15) is 0 Å². The van der Waals surface area contributed by atoms with Crippen molar-refractivity contribution in [2.45, 2.75) is 6.92 Å². The molecule has 0 atom stereocenters. The van der Waals surface area contributed by atoms with E-state index >= 15 is 0 Å². The Balaban J connectivity index is 2.18. The third-order valence-electron chi connectivity index (χ3n) is 2.21. The molecule has 0 saturated carbocycles. The summed E-state index contributed by atoms with van der Waals surface area (Å²) in [5.74, 6) is -0.0169. The van der Waals surface area contributed by atoms with Crippen molar-refractivity contribution in [3.8, 4) is 0 Å². The predicted molar refractivity (Wildman–Crippen MR) is 62.9 cm³/mol. The average molecular weight is 229 g/mol. The smallest absolute Gasteiger partial charge is 0.228 e. The average Bonchev–Trinajstić information content (AvgIpc) is 2.82. The number of rotatable bonds is 3. The Morgan fingerprint density at radius 2 is 1.82 bits per heavy atom. The van der Waals surface area contributed by atoms with Crippen LogP contribution in [0.2, 0.25) is 0 Å². The summed E-state index contributed by atoms with van der Waals surface area (Å²) in [4.78, 5) is 22.7. The Bertz CT molecular complexity index is 526. The Hall–Kier alpha value is -2.36. The maximum atomic E-state index is 11.9. The van der Waals surface area contributed by atoms with Crippen LogP contribution in [0.4, 0.5) is 5.69 Å². The molecular weight excluding hydrogens is 218 g/mol. The third-order valence-corrected chi connectivity index (χ3v) is 2.21. The number of nitrogens with one attached hydrogen (secondary N) is 1. The summed E-state index contributed by atoms with van der Waals surface area (Å²) in [6, 6.07) is 9.93. The molecule has 86 valence electrons. The molecule has 0 saturated heterocycles. The van der Waals surface area contributed by atoms with Gasteiger partial charge in [-0.05, 0) is 36.4 Å². The molecule has 1 aromatic heterocycles. The number of benzene rings is 1. The first kappa shape index (κ1) is 11.1. The van der Waals surface area contributed by atoms with Crippen molar-refractivity contribution in [3.05, 3.63) is 54.0 Å². The van der Waals surface area contributed by atoms with Crippen molar-refractivity contribution in [2.75, 3.05) is 5.32 Å². The van der Waals surface area contributed by atoms with Crippen LogP contribution in [0, 0.1) is 0 Å². The summed E-state index contributed by atoms with van der Waals surface area (Å²) in [7, 11) is 0. The van der Waals surface area contributed by atoms with Gasteiger partial charge in [-0.2, -0.15) is 0 Å². The monoisotopic (exact) mass is 229 g/mol. The molecule has 1 amide bonds. The van der Waals surface area contributed by atoms with E-state index in [1.165, 1.54) is 13.2 Å². The number of carbonyl (C=O) groups is 2. The van der Waals surface area contributed by atoms with Crippen LogP contribution < -0.4 is 5.32 Å². The van der Waals surface area contributed by atoms with E-state index in [9.17, 15) is 9.59 Å². The minimum atomic E-state index is -0.177. The maximum Gasteiger partial charge on any atom is 0.228 e. The largest absolute Gasteiger partial charge is 0.461 e. The number of hydrogen-bond donors (Lipinski definition) is 1. The van der Waals surface area contributed by atoms with Gasteiger partial charge in [0.25, 0.3) is 0 Å². The summed E-state index contributed by atoms with van der Waals surface area (Å²) < 4.78 is 5.03. The molecule has 0 fully saturated rings. The summed E-state index contributed by atoms with van der Waals surface area (Å²) >= 11 is 0. The molecular formula is C13H11NO3. The number of carbonyl (C=O) groups excluding carboxylic acids is 2. The lowest BCUT2D eigenvalue weighted by molar-refractivity contribution is -0.114. The van der Waals surface area contributed by atoms with Gasteiger partial charge in [-0.3, -0.25) is 9.59 Å². The molecule has 0 spiro atoms. The summed E-state index contributed by atoms with van der Waals surface area (Å²) in [6.45, 7) is 1.43. The van der Waals surface area contributed by atoms with Crippen LogP contribution in [0.1, 0.15) is 23.0 Å². The molecule has 1 aromatic carbocycles. The van der Waals surface area contributed by atoms with Crippen LogP contribution in [0.3, 0.4) is 0 Å². The lowest BCUT2D eigenvalue weighted by Crippen LogP contribution is -2.06. The molecule has 0 aliphatic carbocycles. The summed E-state index contributed by atoms with van der Waals surface area (Å²) in [6.07, 6.45) is 1.46. The second-order valence-corrected chi connectivity index (χ2v) is 3.56. The zero-order valence-electron chi connectivity index (χ0n) is 9.27.